The second-order valence-electron chi connectivity index (χ2n) is 7.95. The first-order valence-corrected chi connectivity index (χ1v) is 10.6. The van der Waals surface area contributed by atoms with Crippen molar-refractivity contribution in [1.82, 2.24) is 0 Å². The monoisotopic (exact) mass is 324 g/mol. The van der Waals surface area contributed by atoms with Gasteiger partial charge in [0.1, 0.15) is 0 Å². The summed E-state index contributed by atoms with van der Waals surface area (Å²) in [6.07, 6.45) is 18.6. The minimum atomic E-state index is 0.368. The van der Waals surface area contributed by atoms with Gasteiger partial charge in [-0.2, -0.15) is 0 Å². The molecule has 2 nitrogen and oxygen atoms in total. The molecule has 0 aromatic heterocycles. The molecule has 0 N–H and O–H groups in total. The van der Waals surface area contributed by atoms with Gasteiger partial charge < -0.3 is 9.47 Å². The summed E-state index contributed by atoms with van der Waals surface area (Å²) in [6, 6.07) is 0. The fourth-order valence-electron chi connectivity index (χ4n) is 4.33. The maximum absolute atomic E-state index is 6.18. The number of unbranched alkanes of at least 4 members (excludes halogenated alkanes) is 5. The Morgan fingerprint density at radius 1 is 0.696 bits per heavy atom. The van der Waals surface area contributed by atoms with E-state index in [-0.39, 0.29) is 0 Å². The second-order valence-corrected chi connectivity index (χ2v) is 7.95. The van der Waals surface area contributed by atoms with Gasteiger partial charge >= 0.3 is 0 Å². The Labute approximate surface area is 144 Å². The summed E-state index contributed by atoms with van der Waals surface area (Å²) in [7, 11) is 0. The van der Waals surface area contributed by atoms with E-state index in [9.17, 15) is 0 Å². The van der Waals surface area contributed by atoms with Gasteiger partial charge in [-0.25, -0.2) is 0 Å². The molecule has 1 aliphatic heterocycles. The molecule has 0 aromatic carbocycles. The van der Waals surface area contributed by atoms with Gasteiger partial charge in [0, 0.05) is 0 Å². The smallest absolute Gasteiger partial charge is 0.0838 e. The van der Waals surface area contributed by atoms with E-state index in [4.69, 9.17) is 9.47 Å². The maximum Gasteiger partial charge on any atom is 0.0838 e. The minimum Gasteiger partial charge on any atom is -0.373 e. The van der Waals surface area contributed by atoms with Crippen molar-refractivity contribution in [3.8, 4) is 0 Å². The SMILES string of the molecule is CCCCCCC1CCC(C2COC(CCCCC)CO2)CC1. The molecule has 136 valence electrons. The van der Waals surface area contributed by atoms with Crippen LogP contribution in [0.2, 0.25) is 0 Å². The quantitative estimate of drug-likeness (QED) is 0.450. The van der Waals surface area contributed by atoms with Crippen molar-refractivity contribution >= 4 is 0 Å². The van der Waals surface area contributed by atoms with Crippen molar-refractivity contribution in [3.05, 3.63) is 0 Å². The Morgan fingerprint density at radius 2 is 1.39 bits per heavy atom. The molecular weight excluding hydrogens is 284 g/mol. The summed E-state index contributed by atoms with van der Waals surface area (Å²) in [6.45, 7) is 6.24. The predicted molar refractivity (Wildman–Crippen MR) is 97.8 cm³/mol. The van der Waals surface area contributed by atoms with Crippen LogP contribution in [0.15, 0.2) is 0 Å². The molecule has 2 fully saturated rings. The standard InChI is InChI=1S/C21H40O2/c1-3-5-7-9-10-18-12-14-19(15-13-18)21-17-22-20(16-23-21)11-8-6-4-2/h18-21H,3-17H2,1-2H3. The number of ether oxygens (including phenoxy) is 2. The molecule has 0 amide bonds. The Balaban J connectivity index is 1.55. The molecule has 2 heteroatoms. The summed E-state index contributed by atoms with van der Waals surface area (Å²) in [5.41, 5.74) is 0. The highest BCUT2D eigenvalue weighted by Crippen LogP contribution is 2.35. The maximum atomic E-state index is 6.18. The lowest BCUT2D eigenvalue weighted by Crippen LogP contribution is -2.41. The highest BCUT2D eigenvalue weighted by Gasteiger charge is 2.31. The van der Waals surface area contributed by atoms with E-state index in [1.54, 1.807) is 0 Å². The first kappa shape index (κ1) is 19.2. The van der Waals surface area contributed by atoms with E-state index in [0.717, 1.165) is 25.0 Å². The summed E-state index contributed by atoms with van der Waals surface area (Å²) < 4.78 is 12.3. The van der Waals surface area contributed by atoms with Crippen LogP contribution in [0.1, 0.15) is 97.3 Å². The van der Waals surface area contributed by atoms with E-state index in [1.807, 2.05) is 0 Å². The van der Waals surface area contributed by atoms with Crippen molar-refractivity contribution in [1.29, 1.82) is 0 Å². The van der Waals surface area contributed by atoms with E-state index in [1.165, 1.54) is 83.5 Å². The summed E-state index contributed by atoms with van der Waals surface area (Å²) in [5, 5.41) is 0. The van der Waals surface area contributed by atoms with Crippen molar-refractivity contribution in [2.24, 2.45) is 11.8 Å². The van der Waals surface area contributed by atoms with E-state index in [2.05, 4.69) is 13.8 Å². The third-order valence-electron chi connectivity index (χ3n) is 6.01. The molecular formula is C21H40O2. The zero-order chi connectivity index (χ0) is 16.3. The minimum absolute atomic E-state index is 0.368. The molecule has 1 saturated heterocycles. The number of rotatable bonds is 10. The van der Waals surface area contributed by atoms with Crippen LogP contribution in [0.3, 0.4) is 0 Å². The fraction of sp³-hybridized carbons (Fsp3) is 1.00. The third-order valence-corrected chi connectivity index (χ3v) is 6.01. The van der Waals surface area contributed by atoms with Gasteiger partial charge in [0.2, 0.25) is 0 Å². The largest absolute Gasteiger partial charge is 0.373 e. The van der Waals surface area contributed by atoms with Crippen molar-refractivity contribution in [3.63, 3.8) is 0 Å². The number of hydrogen-bond donors (Lipinski definition) is 0. The van der Waals surface area contributed by atoms with Crippen LogP contribution in [0, 0.1) is 11.8 Å². The Kier molecular flexibility index (Phi) is 9.60. The Bertz CT molecular complexity index is 276. The molecule has 23 heavy (non-hydrogen) atoms. The molecule has 2 unspecified atom stereocenters. The van der Waals surface area contributed by atoms with Crippen LogP contribution >= 0.6 is 0 Å². The summed E-state index contributed by atoms with van der Waals surface area (Å²) >= 11 is 0. The lowest BCUT2D eigenvalue weighted by atomic mass is 9.77. The van der Waals surface area contributed by atoms with E-state index < -0.39 is 0 Å². The first-order chi connectivity index (χ1) is 11.3. The second kappa shape index (κ2) is 11.5. The van der Waals surface area contributed by atoms with Crippen molar-refractivity contribution in [2.75, 3.05) is 13.2 Å². The average Bonchev–Trinajstić information content (AvgIpc) is 2.60. The third kappa shape index (κ3) is 7.13. The summed E-state index contributed by atoms with van der Waals surface area (Å²) in [4.78, 5) is 0. The summed E-state index contributed by atoms with van der Waals surface area (Å²) in [5.74, 6) is 1.76. The fourth-order valence-corrected chi connectivity index (χ4v) is 4.33. The lowest BCUT2D eigenvalue weighted by molar-refractivity contribution is -0.157. The van der Waals surface area contributed by atoms with Gasteiger partial charge in [0.25, 0.3) is 0 Å². The van der Waals surface area contributed by atoms with Crippen molar-refractivity contribution in [2.45, 2.75) is 110 Å². The first-order valence-electron chi connectivity index (χ1n) is 10.6. The molecule has 0 aromatic rings. The molecule has 0 bridgehead atoms. The highest BCUT2D eigenvalue weighted by molar-refractivity contribution is 4.81. The van der Waals surface area contributed by atoms with E-state index in [0.29, 0.717) is 12.2 Å². The van der Waals surface area contributed by atoms with Gasteiger partial charge in [-0.1, -0.05) is 78.1 Å². The van der Waals surface area contributed by atoms with Crippen LogP contribution < -0.4 is 0 Å². The molecule has 2 aliphatic rings. The van der Waals surface area contributed by atoms with Gasteiger partial charge in [-0.3, -0.25) is 0 Å². The Morgan fingerprint density at radius 3 is 2.04 bits per heavy atom. The molecule has 0 radical (unpaired) electrons. The zero-order valence-electron chi connectivity index (χ0n) is 15.7. The molecule has 1 saturated carbocycles. The normalized spacial score (nSPS) is 32.1. The van der Waals surface area contributed by atoms with Crippen LogP contribution in [0.4, 0.5) is 0 Å². The van der Waals surface area contributed by atoms with E-state index >= 15 is 0 Å². The van der Waals surface area contributed by atoms with Crippen LogP contribution in [-0.2, 0) is 9.47 Å². The highest BCUT2D eigenvalue weighted by atomic mass is 16.6. The van der Waals surface area contributed by atoms with Gasteiger partial charge in [-0.15, -0.1) is 0 Å². The topological polar surface area (TPSA) is 18.5 Å². The molecule has 1 heterocycles. The molecule has 2 rings (SSSR count). The van der Waals surface area contributed by atoms with Crippen LogP contribution in [0.25, 0.3) is 0 Å². The van der Waals surface area contributed by atoms with Gasteiger partial charge in [0.05, 0.1) is 25.4 Å². The molecule has 0 spiro atoms. The van der Waals surface area contributed by atoms with Crippen molar-refractivity contribution < 1.29 is 9.47 Å². The number of hydrogen-bond acceptors (Lipinski definition) is 2. The van der Waals surface area contributed by atoms with Crippen LogP contribution in [-0.4, -0.2) is 25.4 Å². The average molecular weight is 325 g/mol. The lowest BCUT2D eigenvalue weighted by Gasteiger charge is -2.38. The predicted octanol–water partition coefficient (Wildman–Crippen LogP) is 6.13. The van der Waals surface area contributed by atoms with Gasteiger partial charge in [-0.05, 0) is 31.1 Å². The van der Waals surface area contributed by atoms with Crippen LogP contribution in [0.5, 0.6) is 0 Å². The van der Waals surface area contributed by atoms with Gasteiger partial charge in [0.15, 0.2) is 0 Å². The molecule has 1 aliphatic carbocycles. The molecule has 2 atom stereocenters. The zero-order valence-corrected chi connectivity index (χ0v) is 15.7. The Hall–Kier alpha value is -0.0800.